The van der Waals surface area contributed by atoms with Gasteiger partial charge in [0.15, 0.2) is 0 Å². The number of rotatable bonds is 3. The maximum atomic E-state index is 14.0. The predicted molar refractivity (Wildman–Crippen MR) is 94.3 cm³/mol. The summed E-state index contributed by atoms with van der Waals surface area (Å²) in [6.07, 6.45) is -4.70. The highest BCUT2D eigenvalue weighted by Crippen LogP contribution is 2.38. The molecule has 1 atom stereocenters. The number of nitrogens with one attached hydrogen (secondary N) is 1. The van der Waals surface area contributed by atoms with Crippen LogP contribution in [-0.4, -0.2) is 31.1 Å². The molecule has 9 heteroatoms. The van der Waals surface area contributed by atoms with Gasteiger partial charge in [-0.15, -0.1) is 23.7 Å². The van der Waals surface area contributed by atoms with Crippen LogP contribution in [0.1, 0.15) is 22.0 Å². The molecular formula is C16H16Cl2F4N2S. The van der Waals surface area contributed by atoms with Gasteiger partial charge in [0.1, 0.15) is 5.82 Å². The molecule has 1 saturated heterocycles. The van der Waals surface area contributed by atoms with Gasteiger partial charge in [-0.05, 0) is 29.8 Å². The topological polar surface area (TPSA) is 15.3 Å². The van der Waals surface area contributed by atoms with Crippen LogP contribution in [0.3, 0.4) is 0 Å². The van der Waals surface area contributed by atoms with Crippen LogP contribution in [0.4, 0.5) is 17.6 Å². The lowest BCUT2D eigenvalue weighted by Crippen LogP contribution is -2.45. The zero-order valence-corrected chi connectivity index (χ0v) is 15.3. The van der Waals surface area contributed by atoms with Gasteiger partial charge >= 0.3 is 6.18 Å². The number of piperazine rings is 1. The summed E-state index contributed by atoms with van der Waals surface area (Å²) in [5.74, 6) is -1.25. The molecule has 2 aromatic rings. The fraction of sp³-hybridized carbons (Fsp3) is 0.375. The fourth-order valence-electron chi connectivity index (χ4n) is 2.90. The van der Waals surface area contributed by atoms with Gasteiger partial charge in [0.25, 0.3) is 0 Å². The van der Waals surface area contributed by atoms with Crippen LogP contribution in [0, 0.1) is 5.82 Å². The highest BCUT2D eigenvalue weighted by atomic mass is 35.5. The summed E-state index contributed by atoms with van der Waals surface area (Å²) >= 11 is 7.37. The van der Waals surface area contributed by atoms with Crippen molar-refractivity contribution in [3.05, 3.63) is 56.5 Å². The zero-order valence-electron chi connectivity index (χ0n) is 12.9. The number of hydrogen-bond donors (Lipinski definition) is 1. The third kappa shape index (κ3) is 4.65. The van der Waals surface area contributed by atoms with E-state index in [9.17, 15) is 17.6 Å². The van der Waals surface area contributed by atoms with Crippen molar-refractivity contribution in [3.63, 3.8) is 0 Å². The highest BCUT2D eigenvalue weighted by Gasteiger charge is 2.35. The monoisotopic (exact) mass is 414 g/mol. The highest BCUT2D eigenvalue weighted by molar-refractivity contribution is 7.16. The Morgan fingerprint density at radius 2 is 1.80 bits per heavy atom. The van der Waals surface area contributed by atoms with E-state index in [4.69, 9.17) is 11.6 Å². The van der Waals surface area contributed by atoms with E-state index in [-0.39, 0.29) is 18.4 Å². The maximum absolute atomic E-state index is 14.0. The van der Waals surface area contributed by atoms with Gasteiger partial charge in [-0.3, -0.25) is 4.90 Å². The molecule has 1 N–H and O–H groups in total. The van der Waals surface area contributed by atoms with Crippen LogP contribution < -0.4 is 5.32 Å². The number of nitrogens with zero attached hydrogens (tertiary/aromatic N) is 1. The van der Waals surface area contributed by atoms with E-state index in [0.29, 0.717) is 9.90 Å². The molecule has 2 nitrogen and oxygen atoms in total. The Hall–Kier alpha value is -0.860. The van der Waals surface area contributed by atoms with Crippen molar-refractivity contribution in [2.45, 2.75) is 12.2 Å². The van der Waals surface area contributed by atoms with E-state index < -0.39 is 17.6 Å². The SMILES string of the molecule is Cl.Fc1cc([C@H](c2ccc(Cl)s2)N2CCNCC2)ccc1C(F)(F)F. The van der Waals surface area contributed by atoms with Gasteiger partial charge in [-0.1, -0.05) is 17.7 Å². The summed E-state index contributed by atoms with van der Waals surface area (Å²) in [7, 11) is 0. The van der Waals surface area contributed by atoms with Crippen molar-refractivity contribution in [2.75, 3.05) is 26.2 Å². The summed E-state index contributed by atoms with van der Waals surface area (Å²) in [6, 6.07) is 6.44. The first-order valence-corrected chi connectivity index (χ1v) is 8.62. The van der Waals surface area contributed by atoms with Gasteiger partial charge in [0.2, 0.25) is 0 Å². The largest absolute Gasteiger partial charge is 0.419 e. The van der Waals surface area contributed by atoms with Crippen LogP contribution >= 0.6 is 35.3 Å². The van der Waals surface area contributed by atoms with Crippen LogP contribution in [0.5, 0.6) is 0 Å². The molecule has 2 heterocycles. The van der Waals surface area contributed by atoms with E-state index in [2.05, 4.69) is 10.2 Å². The second-order valence-corrected chi connectivity index (χ2v) is 7.31. The molecule has 0 radical (unpaired) electrons. The van der Waals surface area contributed by atoms with Crippen molar-refractivity contribution in [2.24, 2.45) is 0 Å². The summed E-state index contributed by atoms with van der Waals surface area (Å²) < 4.78 is 53.0. The molecule has 0 bridgehead atoms. The first kappa shape index (κ1) is 20.5. The summed E-state index contributed by atoms with van der Waals surface area (Å²) in [6.45, 7) is 3.00. The lowest BCUT2D eigenvalue weighted by Gasteiger charge is -2.35. The number of halogens is 6. The van der Waals surface area contributed by atoms with E-state index >= 15 is 0 Å². The average molecular weight is 415 g/mol. The van der Waals surface area contributed by atoms with Gasteiger partial charge in [-0.2, -0.15) is 13.2 Å². The number of alkyl halides is 3. The molecule has 1 aliphatic heterocycles. The summed E-state index contributed by atoms with van der Waals surface area (Å²) in [5.41, 5.74) is -0.740. The van der Waals surface area contributed by atoms with Crippen molar-refractivity contribution < 1.29 is 17.6 Å². The molecule has 1 aromatic carbocycles. The maximum Gasteiger partial charge on any atom is 0.419 e. The molecule has 0 amide bonds. The Morgan fingerprint density at radius 1 is 1.12 bits per heavy atom. The minimum absolute atomic E-state index is 0. The van der Waals surface area contributed by atoms with Gasteiger partial charge < -0.3 is 5.32 Å². The molecule has 138 valence electrons. The average Bonchev–Trinajstić information content (AvgIpc) is 2.93. The smallest absolute Gasteiger partial charge is 0.314 e. The normalized spacial score (nSPS) is 17.2. The molecule has 1 aliphatic rings. The summed E-state index contributed by atoms with van der Waals surface area (Å²) in [5, 5.41) is 3.23. The number of benzene rings is 1. The Balaban J connectivity index is 0.00000225. The second kappa shape index (κ2) is 8.22. The molecule has 1 aromatic heterocycles. The van der Waals surface area contributed by atoms with Crippen LogP contribution in [-0.2, 0) is 6.18 Å². The van der Waals surface area contributed by atoms with Gasteiger partial charge in [0.05, 0.1) is 15.9 Å². The number of hydrogen-bond acceptors (Lipinski definition) is 3. The molecule has 0 unspecified atom stereocenters. The Bertz CT molecular complexity index is 714. The molecule has 0 spiro atoms. The molecule has 1 fully saturated rings. The molecule has 3 rings (SSSR count). The van der Waals surface area contributed by atoms with E-state index in [1.54, 1.807) is 6.07 Å². The Kier molecular flexibility index (Phi) is 6.73. The van der Waals surface area contributed by atoms with Crippen LogP contribution in [0.2, 0.25) is 4.34 Å². The van der Waals surface area contributed by atoms with E-state index in [1.165, 1.54) is 17.4 Å². The van der Waals surface area contributed by atoms with Crippen LogP contribution in [0.15, 0.2) is 30.3 Å². The van der Waals surface area contributed by atoms with Crippen LogP contribution in [0.25, 0.3) is 0 Å². The predicted octanol–water partition coefficient (Wildman–Crippen LogP) is 4.98. The second-order valence-electron chi connectivity index (χ2n) is 5.57. The molecule has 25 heavy (non-hydrogen) atoms. The molecule has 0 saturated carbocycles. The standard InChI is InChI=1S/C16H15ClF4N2S.ClH/c17-14-4-3-13(24-14)15(23-7-5-22-6-8-23)10-1-2-11(12(18)9-10)16(19,20)21;/h1-4,9,15,22H,5-8H2;1H/t15-;/m1./s1. The molecular weight excluding hydrogens is 399 g/mol. The van der Waals surface area contributed by atoms with Gasteiger partial charge in [-0.25, -0.2) is 4.39 Å². The lowest BCUT2D eigenvalue weighted by molar-refractivity contribution is -0.140. The van der Waals surface area contributed by atoms with Crippen molar-refractivity contribution in [1.82, 2.24) is 10.2 Å². The van der Waals surface area contributed by atoms with Crippen molar-refractivity contribution >= 4 is 35.3 Å². The number of thiophene rings is 1. The van der Waals surface area contributed by atoms with Crippen molar-refractivity contribution in [1.29, 1.82) is 0 Å². The first-order chi connectivity index (χ1) is 11.4. The lowest BCUT2D eigenvalue weighted by atomic mass is 10.0. The quantitative estimate of drug-likeness (QED) is 0.712. The third-order valence-electron chi connectivity index (χ3n) is 3.99. The van der Waals surface area contributed by atoms with E-state index in [0.717, 1.165) is 43.2 Å². The Labute approximate surface area is 158 Å². The minimum Gasteiger partial charge on any atom is -0.314 e. The summed E-state index contributed by atoms with van der Waals surface area (Å²) in [4.78, 5) is 3.02. The molecule has 0 aliphatic carbocycles. The van der Waals surface area contributed by atoms with Crippen molar-refractivity contribution in [3.8, 4) is 0 Å². The van der Waals surface area contributed by atoms with E-state index in [1.807, 2.05) is 6.07 Å². The first-order valence-electron chi connectivity index (χ1n) is 7.43. The Morgan fingerprint density at radius 3 is 2.32 bits per heavy atom. The zero-order chi connectivity index (χ0) is 17.3. The fourth-order valence-corrected chi connectivity index (χ4v) is 4.13. The van der Waals surface area contributed by atoms with Gasteiger partial charge in [0, 0.05) is 31.1 Å². The third-order valence-corrected chi connectivity index (χ3v) is 5.28. The minimum atomic E-state index is -4.70.